The van der Waals surface area contributed by atoms with Gasteiger partial charge in [-0.1, -0.05) is 42.5 Å². The standard InChI is InChI=1S/C25H30N4O2/c1-18-10-8-9-15-28(18)24(31)17-29-22-14-7-6-13-21(22)27-25(29)19(2)26-23(30)16-20-11-4-3-5-12-20/h3-7,11-14,18-19H,8-10,15-17H2,1-2H3,(H,26,30). The minimum Gasteiger partial charge on any atom is -0.346 e. The molecule has 162 valence electrons. The van der Waals surface area contributed by atoms with Crippen molar-refractivity contribution in [2.75, 3.05) is 6.54 Å². The van der Waals surface area contributed by atoms with E-state index in [2.05, 4.69) is 12.2 Å². The Balaban J connectivity index is 1.55. The zero-order valence-corrected chi connectivity index (χ0v) is 18.3. The molecule has 1 fully saturated rings. The molecule has 2 heterocycles. The van der Waals surface area contributed by atoms with E-state index in [-0.39, 0.29) is 30.4 Å². The molecule has 1 aliphatic heterocycles. The molecule has 0 spiro atoms. The molecule has 3 aromatic rings. The lowest BCUT2D eigenvalue weighted by molar-refractivity contribution is -0.135. The molecule has 0 saturated carbocycles. The van der Waals surface area contributed by atoms with Crippen molar-refractivity contribution in [2.24, 2.45) is 0 Å². The van der Waals surface area contributed by atoms with Crippen molar-refractivity contribution in [1.29, 1.82) is 0 Å². The minimum absolute atomic E-state index is 0.0618. The monoisotopic (exact) mass is 418 g/mol. The Morgan fingerprint density at radius 2 is 1.84 bits per heavy atom. The fourth-order valence-corrected chi connectivity index (χ4v) is 4.42. The number of carbonyl (C=O) groups is 2. The largest absolute Gasteiger partial charge is 0.346 e. The van der Waals surface area contributed by atoms with Gasteiger partial charge in [0, 0.05) is 12.6 Å². The number of amides is 2. The second kappa shape index (κ2) is 9.33. The summed E-state index contributed by atoms with van der Waals surface area (Å²) in [6.45, 7) is 5.09. The highest BCUT2D eigenvalue weighted by Crippen LogP contribution is 2.23. The molecule has 0 bridgehead atoms. The van der Waals surface area contributed by atoms with E-state index < -0.39 is 0 Å². The van der Waals surface area contributed by atoms with Crippen molar-refractivity contribution in [3.05, 3.63) is 66.0 Å². The first-order valence-corrected chi connectivity index (χ1v) is 11.1. The molecule has 2 unspecified atom stereocenters. The molecule has 4 rings (SSSR count). The molecule has 31 heavy (non-hydrogen) atoms. The number of nitrogens with zero attached hydrogens (tertiary/aromatic N) is 3. The Bertz CT molecular complexity index is 1060. The van der Waals surface area contributed by atoms with Gasteiger partial charge in [0.2, 0.25) is 11.8 Å². The highest BCUT2D eigenvalue weighted by Gasteiger charge is 2.26. The summed E-state index contributed by atoms with van der Waals surface area (Å²) in [6, 6.07) is 17.5. The fourth-order valence-electron chi connectivity index (χ4n) is 4.42. The van der Waals surface area contributed by atoms with Crippen molar-refractivity contribution < 1.29 is 9.59 Å². The van der Waals surface area contributed by atoms with Crippen LogP contribution in [-0.2, 0) is 22.6 Å². The maximum Gasteiger partial charge on any atom is 0.242 e. The summed E-state index contributed by atoms with van der Waals surface area (Å²) in [4.78, 5) is 32.5. The molecule has 0 aliphatic carbocycles. The van der Waals surface area contributed by atoms with Gasteiger partial charge in [0.25, 0.3) is 0 Å². The molecule has 2 aromatic carbocycles. The van der Waals surface area contributed by atoms with Crippen LogP contribution in [0.4, 0.5) is 0 Å². The Morgan fingerprint density at radius 1 is 1.10 bits per heavy atom. The number of carbonyl (C=O) groups excluding carboxylic acids is 2. The highest BCUT2D eigenvalue weighted by atomic mass is 16.2. The summed E-state index contributed by atoms with van der Waals surface area (Å²) in [7, 11) is 0. The number of piperidine rings is 1. The third-order valence-corrected chi connectivity index (χ3v) is 6.07. The fraction of sp³-hybridized carbons (Fsp3) is 0.400. The normalized spacial score (nSPS) is 17.5. The quantitative estimate of drug-likeness (QED) is 0.661. The predicted octanol–water partition coefficient (Wildman–Crippen LogP) is 3.86. The van der Waals surface area contributed by atoms with E-state index in [1.807, 2.05) is 71.0 Å². The van der Waals surface area contributed by atoms with E-state index in [9.17, 15) is 9.59 Å². The van der Waals surface area contributed by atoms with Crippen LogP contribution in [0.2, 0.25) is 0 Å². The molecule has 0 radical (unpaired) electrons. The lowest BCUT2D eigenvalue weighted by Gasteiger charge is -2.33. The Labute approximate surface area is 183 Å². The third kappa shape index (κ3) is 4.79. The maximum atomic E-state index is 13.1. The number of nitrogens with one attached hydrogen (secondary N) is 1. The second-order valence-electron chi connectivity index (χ2n) is 8.43. The Morgan fingerprint density at radius 3 is 2.61 bits per heavy atom. The van der Waals surface area contributed by atoms with Gasteiger partial charge in [-0.15, -0.1) is 0 Å². The van der Waals surface area contributed by atoms with Gasteiger partial charge in [0.1, 0.15) is 12.4 Å². The lowest BCUT2D eigenvalue weighted by Crippen LogP contribution is -2.44. The molecular formula is C25H30N4O2. The van der Waals surface area contributed by atoms with Gasteiger partial charge >= 0.3 is 0 Å². The summed E-state index contributed by atoms with van der Waals surface area (Å²) in [5.74, 6) is 0.758. The molecule has 1 saturated heterocycles. The number of fused-ring (bicyclic) bond motifs is 1. The van der Waals surface area contributed by atoms with E-state index in [1.165, 1.54) is 6.42 Å². The summed E-state index contributed by atoms with van der Waals surface area (Å²) in [6.07, 6.45) is 3.60. The van der Waals surface area contributed by atoms with Gasteiger partial charge in [-0.2, -0.15) is 0 Å². The first-order chi connectivity index (χ1) is 15.0. The SMILES string of the molecule is CC(NC(=O)Cc1ccccc1)c1nc2ccccc2n1CC(=O)N1CCCCC1C. The van der Waals surface area contributed by atoms with Gasteiger partial charge in [0.15, 0.2) is 0 Å². The smallest absolute Gasteiger partial charge is 0.242 e. The van der Waals surface area contributed by atoms with Crippen LogP contribution in [0, 0.1) is 0 Å². The van der Waals surface area contributed by atoms with Crippen LogP contribution < -0.4 is 5.32 Å². The summed E-state index contributed by atoms with van der Waals surface area (Å²) in [5, 5.41) is 3.06. The molecule has 6 heteroatoms. The molecule has 2 atom stereocenters. The van der Waals surface area contributed by atoms with Gasteiger partial charge in [0.05, 0.1) is 23.5 Å². The summed E-state index contributed by atoms with van der Waals surface area (Å²) < 4.78 is 1.96. The van der Waals surface area contributed by atoms with Crippen LogP contribution in [0.5, 0.6) is 0 Å². The van der Waals surface area contributed by atoms with Gasteiger partial charge in [-0.3, -0.25) is 9.59 Å². The molecule has 2 amide bonds. The van der Waals surface area contributed by atoms with Crippen molar-refractivity contribution in [3.63, 3.8) is 0 Å². The molecular weight excluding hydrogens is 388 g/mol. The lowest BCUT2D eigenvalue weighted by atomic mass is 10.0. The minimum atomic E-state index is -0.310. The molecule has 1 aromatic heterocycles. The number of benzene rings is 2. The van der Waals surface area contributed by atoms with Gasteiger partial charge in [-0.25, -0.2) is 4.98 Å². The summed E-state index contributed by atoms with van der Waals surface area (Å²) in [5.41, 5.74) is 2.72. The Kier molecular flexibility index (Phi) is 6.35. The predicted molar refractivity (Wildman–Crippen MR) is 121 cm³/mol. The van der Waals surface area contributed by atoms with Gasteiger partial charge < -0.3 is 14.8 Å². The van der Waals surface area contributed by atoms with Crippen molar-refractivity contribution >= 4 is 22.8 Å². The number of likely N-dealkylation sites (tertiary alicyclic amines) is 1. The third-order valence-electron chi connectivity index (χ3n) is 6.07. The number of hydrogen-bond acceptors (Lipinski definition) is 3. The topological polar surface area (TPSA) is 67.2 Å². The number of imidazole rings is 1. The number of rotatable bonds is 6. The second-order valence-corrected chi connectivity index (χ2v) is 8.43. The molecule has 1 N–H and O–H groups in total. The van der Waals surface area contributed by atoms with Crippen molar-refractivity contribution in [1.82, 2.24) is 19.8 Å². The van der Waals surface area contributed by atoms with Crippen molar-refractivity contribution in [2.45, 2.75) is 58.2 Å². The highest BCUT2D eigenvalue weighted by molar-refractivity contribution is 5.82. The van der Waals surface area contributed by atoms with Crippen LogP contribution >= 0.6 is 0 Å². The van der Waals surface area contributed by atoms with Gasteiger partial charge in [-0.05, 0) is 50.8 Å². The van der Waals surface area contributed by atoms with Crippen LogP contribution in [-0.4, -0.2) is 38.9 Å². The number of hydrogen-bond donors (Lipinski definition) is 1. The summed E-state index contributed by atoms with van der Waals surface area (Å²) >= 11 is 0. The van der Waals surface area contributed by atoms with Crippen molar-refractivity contribution in [3.8, 4) is 0 Å². The van der Waals surface area contributed by atoms with E-state index in [4.69, 9.17) is 4.98 Å². The van der Waals surface area contributed by atoms with E-state index in [1.54, 1.807) is 0 Å². The van der Waals surface area contributed by atoms with Crippen LogP contribution in [0.15, 0.2) is 54.6 Å². The van der Waals surface area contributed by atoms with Crippen LogP contribution in [0.3, 0.4) is 0 Å². The first-order valence-electron chi connectivity index (χ1n) is 11.1. The Hall–Kier alpha value is -3.15. The van der Waals surface area contributed by atoms with E-state index in [0.29, 0.717) is 12.2 Å². The number of aromatic nitrogens is 2. The molecule has 6 nitrogen and oxygen atoms in total. The van der Waals surface area contributed by atoms with Crippen LogP contribution in [0.25, 0.3) is 11.0 Å². The maximum absolute atomic E-state index is 13.1. The zero-order chi connectivity index (χ0) is 21.8. The molecule has 1 aliphatic rings. The average molecular weight is 419 g/mol. The van der Waals surface area contributed by atoms with E-state index >= 15 is 0 Å². The van der Waals surface area contributed by atoms with Crippen LogP contribution in [0.1, 0.15) is 50.5 Å². The number of para-hydroxylation sites is 2. The first kappa shape index (κ1) is 21.1. The average Bonchev–Trinajstić information content (AvgIpc) is 3.13. The zero-order valence-electron chi connectivity index (χ0n) is 18.3. The van der Waals surface area contributed by atoms with E-state index in [0.717, 1.165) is 36.0 Å².